The monoisotopic (exact) mass is 521 g/mol. The van der Waals surface area contributed by atoms with Gasteiger partial charge in [0.15, 0.2) is 5.82 Å². The number of rotatable bonds is 5. The molecule has 1 aliphatic rings. The number of aromatic nitrogens is 2. The molecule has 0 amide bonds. The Kier molecular flexibility index (Phi) is 9.41. The number of carbonyl (C=O) groups excluding carboxylic acids is 1. The maximum absolute atomic E-state index is 12.6. The van der Waals surface area contributed by atoms with E-state index in [4.69, 9.17) is 0 Å². The van der Waals surface area contributed by atoms with Crippen LogP contribution in [0.5, 0.6) is 0 Å². The van der Waals surface area contributed by atoms with Crippen molar-refractivity contribution in [3.8, 4) is 0 Å². The highest BCUT2D eigenvalue weighted by atomic mass is 79.9. The summed E-state index contributed by atoms with van der Waals surface area (Å²) >= 11 is 3.45. The van der Waals surface area contributed by atoms with Crippen molar-refractivity contribution in [2.75, 3.05) is 13.1 Å². The molecule has 0 spiro atoms. The summed E-state index contributed by atoms with van der Waals surface area (Å²) < 4.78 is 3.08. The molecule has 132 valence electrons. The van der Waals surface area contributed by atoms with Gasteiger partial charge in [-0.2, -0.15) is 0 Å². The van der Waals surface area contributed by atoms with E-state index in [-0.39, 0.29) is 45.7 Å². The first-order chi connectivity index (χ1) is 10.7. The molecule has 1 aromatic carbocycles. The Morgan fingerprint density at radius 1 is 1.21 bits per heavy atom. The summed E-state index contributed by atoms with van der Waals surface area (Å²) in [6, 6.07) is 8.30. The van der Waals surface area contributed by atoms with Gasteiger partial charge >= 0.3 is 0 Å². The zero-order chi connectivity index (χ0) is 15.4. The smallest absolute Gasteiger partial charge is 0.201 e. The number of imidazole rings is 1. The zero-order valence-corrected chi connectivity index (χ0v) is 18.3. The SMILES string of the molecule is Br.Br.O=C(c1nccn1CCc1ccc(Br)cc1)C1CCNCC1. The van der Waals surface area contributed by atoms with E-state index in [0.29, 0.717) is 5.82 Å². The van der Waals surface area contributed by atoms with Gasteiger partial charge < -0.3 is 9.88 Å². The second-order valence-corrected chi connectivity index (χ2v) is 6.62. The predicted octanol–water partition coefficient (Wildman–Crippen LogP) is 4.23. The molecular formula is C17H22Br3N3O. The highest BCUT2D eigenvalue weighted by molar-refractivity contribution is 9.10. The minimum Gasteiger partial charge on any atom is -0.328 e. The molecule has 0 atom stereocenters. The number of hydrogen-bond donors (Lipinski definition) is 1. The number of aryl methyl sites for hydroxylation is 2. The van der Waals surface area contributed by atoms with Crippen LogP contribution in [0.1, 0.15) is 29.0 Å². The Morgan fingerprint density at radius 3 is 2.54 bits per heavy atom. The van der Waals surface area contributed by atoms with E-state index in [9.17, 15) is 4.79 Å². The fourth-order valence-corrected chi connectivity index (χ4v) is 3.15. The van der Waals surface area contributed by atoms with Crippen molar-refractivity contribution in [1.29, 1.82) is 0 Å². The molecule has 24 heavy (non-hydrogen) atoms. The lowest BCUT2D eigenvalue weighted by molar-refractivity contribution is 0.0879. The van der Waals surface area contributed by atoms with Gasteiger partial charge in [0.25, 0.3) is 0 Å². The summed E-state index contributed by atoms with van der Waals surface area (Å²) in [6.45, 7) is 2.64. The number of Topliss-reactive ketones (excluding diaryl/α,β-unsaturated/α-hetero) is 1. The highest BCUT2D eigenvalue weighted by Gasteiger charge is 2.25. The summed E-state index contributed by atoms with van der Waals surface area (Å²) in [5, 5.41) is 3.30. The number of ketones is 1. The average molecular weight is 524 g/mol. The molecule has 2 aromatic rings. The van der Waals surface area contributed by atoms with Crippen molar-refractivity contribution in [2.24, 2.45) is 5.92 Å². The zero-order valence-electron chi connectivity index (χ0n) is 13.3. The lowest BCUT2D eigenvalue weighted by Gasteiger charge is -2.21. The Bertz CT molecular complexity index is 637. The van der Waals surface area contributed by atoms with Crippen LogP contribution in [0.25, 0.3) is 0 Å². The van der Waals surface area contributed by atoms with Crippen molar-refractivity contribution < 1.29 is 4.79 Å². The molecule has 0 aliphatic carbocycles. The van der Waals surface area contributed by atoms with Gasteiger partial charge in [-0.25, -0.2) is 4.98 Å². The quantitative estimate of drug-likeness (QED) is 0.597. The molecule has 1 saturated heterocycles. The van der Waals surface area contributed by atoms with E-state index in [2.05, 4.69) is 38.4 Å². The Labute approximate surface area is 172 Å². The van der Waals surface area contributed by atoms with Crippen molar-refractivity contribution in [3.05, 3.63) is 52.5 Å². The number of halogens is 3. The van der Waals surface area contributed by atoms with Crippen LogP contribution in [0.2, 0.25) is 0 Å². The second-order valence-electron chi connectivity index (χ2n) is 5.71. The lowest BCUT2D eigenvalue weighted by atomic mass is 9.93. The number of nitrogens with zero attached hydrogens (tertiary/aromatic N) is 2. The summed E-state index contributed by atoms with van der Waals surface area (Å²) in [6.07, 6.45) is 6.37. The minimum atomic E-state index is 0. The molecular weight excluding hydrogens is 502 g/mol. The first kappa shape index (κ1) is 21.5. The molecule has 1 N–H and O–H groups in total. The van der Waals surface area contributed by atoms with E-state index < -0.39 is 0 Å². The molecule has 0 bridgehead atoms. The van der Waals surface area contributed by atoms with Gasteiger partial charge in [0.05, 0.1) is 0 Å². The maximum atomic E-state index is 12.6. The molecule has 1 fully saturated rings. The summed E-state index contributed by atoms with van der Waals surface area (Å²) in [4.78, 5) is 16.9. The number of hydrogen-bond acceptors (Lipinski definition) is 3. The van der Waals surface area contributed by atoms with E-state index in [0.717, 1.165) is 43.4 Å². The number of piperidine rings is 1. The van der Waals surface area contributed by atoms with E-state index >= 15 is 0 Å². The van der Waals surface area contributed by atoms with Crippen molar-refractivity contribution >= 4 is 55.7 Å². The van der Waals surface area contributed by atoms with Gasteiger partial charge in [0.1, 0.15) is 0 Å². The first-order valence-corrected chi connectivity index (χ1v) is 8.54. The third-order valence-corrected chi connectivity index (χ3v) is 4.73. The van der Waals surface area contributed by atoms with E-state index in [1.165, 1.54) is 5.56 Å². The highest BCUT2D eigenvalue weighted by Crippen LogP contribution is 2.18. The molecule has 2 heterocycles. The fraction of sp³-hybridized carbons (Fsp3) is 0.412. The molecule has 7 heteroatoms. The van der Waals surface area contributed by atoms with Gasteiger partial charge in [0.2, 0.25) is 5.78 Å². The maximum Gasteiger partial charge on any atom is 0.201 e. The molecule has 1 aliphatic heterocycles. The Hall–Kier alpha value is -0.500. The molecule has 4 nitrogen and oxygen atoms in total. The van der Waals surface area contributed by atoms with Crippen LogP contribution in [0.4, 0.5) is 0 Å². The molecule has 0 unspecified atom stereocenters. The summed E-state index contributed by atoms with van der Waals surface area (Å²) in [5.74, 6) is 0.932. The predicted molar refractivity (Wildman–Crippen MR) is 111 cm³/mol. The minimum absolute atomic E-state index is 0. The normalized spacial score (nSPS) is 14.5. The summed E-state index contributed by atoms with van der Waals surface area (Å²) in [7, 11) is 0. The number of nitrogens with one attached hydrogen (secondary N) is 1. The third-order valence-electron chi connectivity index (χ3n) is 4.20. The van der Waals surface area contributed by atoms with Crippen LogP contribution in [0.15, 0.2) is 41.1 Å². The topological polar surface area (TPSA) is 46.9 Å². The Balaban J connectivity index is 0.00000144. The fourth-order valence-electron chi connectivity index (χ4n) is 2.88. The van der Waals surface area contributed by atoms with Crippen LogP contribution in [0, 0.1) is 5.92 Å². The standard InChI is InChI=1S/C17H20BrN3O.2BrH/c18-15-3-1-13(2-4-15)7-11-21-12-10-20-17(21)16(22)14-5-8-19-9-6-14;;/h1-4,10,12,14,19H,5-9,11H2;2*1H. The second kappa shape index (κ2) is 10.5. The number of benzene rings is 1. The van der Waals surface area contributed by atoms with Gasteiger partial charge in [-0.1, -0.05) is 28.1 Å². The number of carbonyl (C=O) groups is 1. The average Bonchev–Trinajstić information content (AvgIpc) is 3.03. The van der Waals surface area contributed by atoms with Gasteiger partial charge in [0, 0.05) is 29.3 Å². The molecule has 0 radical (unpaired) electrons. The summed E-state index contributed by atoms with van der Waals surface area (Å²) in [5.41, 5.74) is 1.26. The van der Waals surface area contributed by atoms with Gasteiger partial charge in [-0.15, -0.1) is 34.0 Å². The van der Waals surface area contributed by atoms with Gasteiger partial charge in [-0.3, -0.25) is 4.79 Å². The first-order valence-electron chi connectivity index (χ1n) is 7.74. The van der Waals surface area contributed by atoms with Crippen LogP contribution >= 0.6 is 49.9 Å². The van der Waals surface area contributed by atoms with E-state index in [1.807, 2.05) is 22.9 Å². The van der Waals surface area contributed by atoms with Crippen LogP contribution in [-0.4, -0.2) is 28.4 Å². The van der Waals surface area contributed by atoms with Crippen LogP contribution < -0.4 is 5.32 Å². The molecule has 3 rings (SSSR count). The largest absolute Gasteiger partial charge is 0.328 e. The van der Waals surface area contributed by atoms with Crippen molar-refractivity contribution in [1.82, 2.24) is 14.9 Å². The van der Waals surface area contributed by atoms with Gasteiger partial charge in [-0.05, 0) is 50.0 Å². The lowest BCUT2D eigenvalue weighted by Crippen LogP contribution is -2.33. The third kappa shape index (κ3) is 5.51. The van der Waals surface area contributed by atoms with E-state index in [1.54, 1.807) is 6.20 Å². The molecule has 0 saturated carbocycles. The van der Waals surface area contributed by atoms with Crippen molar-refractivity contribution in [2.45, 2.75) is 25.8 Å². The molecule has 1 aromatic heterocycles. The van der Waals surface area contributed by atoms with Crippen LogP contribution in [0.3, 0.4) is 0 Å². The van der Waals surface area contributed by atoms with Crippen molar-refractivity contribution in [3.63, 3.8) is 0 Å². The van der Waals surface area contributed by atoms with Crippen LogP contribution in [-0.2, 0) is 13.0 Å². The Morgan fingerprint density at radius 2 is 1.88 bits per heavy atom.